The van der Waals surface area contributed by atoms with Crippen molar-refractivity contribution in [2.24, 2.45) is 0 Å². The molecule has 0 aromatic heterocycles. The quantitative estimate of drug-likeness (QED) is 0.853. The fourth-order valence-electron chi connectivity index (χ4n) is 1.61. The first-order chi connectivity index (χ1) is 8.58. The molecule has 1 fully saturated rings. The molecule has 0 bridgehead atoms. The van der Waals surface area contributed by atoms with Crippen molar-refractivity contribution in [2.45, 2.75) is 0 Å². The molecule has 2 amide bonds. The van der Waals surface area contributed by atoms with Gasteiger partial charge in [-0.1, -0.05) is 15.9 Å². The minimum atomic E-state index is -0.790. The second-order valence-electron chi connectivity index (χ2n) is 3.77. The number of urea groups is 1. The molecule has 98 valence electrons. The zero-order valence-corrected chi connectivity index (χ0v) is 11.8. The Balaban J connectivity index is 2.11. The lowest BCUT2D eigenvalue weighted by molar-refractivity contribution is 0.216. The zero-order valence-electron chi connectivity index (χ0n) is 9.38. The van der Waals surface area contributed by atoms with Crippen LogP contribution in [0.3, 0.4) is 0 Å². The molecule has 3 nitrogen and oxygen atoms in total. The largest absolute Gasteiger partial charge is 0.323 e. The number of nitrogens with one attached hydrogen (secondary N) is 1. The number of benzene rings is 1. The third-order valence-corrected chi connectivity index (χ3v) is 3.94. The molecule has 0 aliphatic carbocycles. The van der Waals surface area contributed by atoms with Crippen LogP contribution in [0.25, 0.3) is 0 Å². The maximum absolute atomic E-state index is 13.5. The van der Waals surface area contributed by atoms with E-state index in [1.54, 1.807) is 16.7 Å². The molecule has 1 aliphatic rings. The van der Waals surface area contributed by atoms with E-state index in [0.29, 0.717) is 17.6 Å². The van der Waals surface area contributed by atoms with Crippen molar-refractivity contribution in [1.82, 2.24) is 4.90 Å². The van der Waals surface area contributed by atoms with E-state index in [-0.39, 0.29) is 0 Å². The molecule has 1 heterocycles. The van der Waals surface area contributed by atoms with Gasteiger partial charge in [0.05, 0.1) is 0 Å². The number of hydrogen-bond donors (Lipinski definition) is 1. The van der Waals surface area contributed by atoms with Crippen LogP contribution in [0.4, 0.5) is 19.3 Å². The number of carbonyl (C=O) groups is 1. The molecular weight excluding hydrogens is 326 g/mol. The summed E-state index contributed by atoms with van der Waals surface area (Å²) in [5.41, 5.74) is -0.401. The van der Waals surface area contributed by atoms with Gasteiger partial charge in [0.15, 0.2) is 11.6 Å². The van der Waals surface area contributed by atoms with E-state index in [2.05, 4.69) is 21.2 Å². The van der Waals surface area contributed by atoms with Gasteiger partial charge in [-0.25, -0.2) is 13.6 Å². The number of hydrogen-bond acceptors (Lipinski definition) is 2. The number of thioether (sulfide) groups is 1. The van der Waals surface area contributed by atoms with Gasteiger partial charge in [-0.3, -0.25) is 0 Å². The van der Waals surface area contributed by atoms with Gasteiger partial charge in [0, 0.05) is 29.1 Å². The number of nitrogens with zero attached hydrogens (tertiary/aromatic N) is 1. The fraction of sp³-hybridized carbons (Fsp3) is 0.364. The van der Waals surface area contributed by atoms with E-state index in [4.69, 9.17) is 0 Å². The van der Waals surface area contributed by atoms with Gasteiger partial charge in [0.2, 0.25) is 0 Å². The number of amides is 2. The molecule has 0 atom stereocenters. The minimum Gasteiger partial charge on any atom is -0.323 e. The van der Waals surface area contributed by atoms with E-state index in [1.165, 1.54) is 0 Å². The Morgan fingerprint density at radius 3 is 2.39 bits per heavy atom. The average Bonchev–Trinajstić information content (AvgIpc) is 2.34. The first-order valence-corrected chi connectivity index (χ1v) is 7.31. The molecule has 2 rings (SSSR count). The molecule has 1 N–H and O–H groups in total. The molecular formula is C11H11BrF2N2OS. The van der Waals surface area contributed by atoms with Gasteiger partial charge in [0.1, 0.15) is 5.69 Å². The van der Waals surface area contributed by atoms with Gasteiger partial charge in [-0.15, -0.1) is 0 Å². The Morgan fingerprint density at radius 1 is 1.28 bits per heavy atom. The van der Waals surface area contributed by atoms with Gasteiger partial charge < -0.3 is 10.2 Å². The number of anilines is 1. The topological polar surface area (TPSA) is 32.3 Å². The molecule has 1 aromatic carbocycles. The monoisotopic (exact) mass is 336 g/mol. The van der Waals surface area contributed by atoms with E-state index in [0.717, 1.165) is 23.6 Å². The van der Waals surface area contributed by atoms with Crippen molar-refractivity contribution in [2.75, 3.05) is 29.9 Å². The molecule has 0 saturated carbocycles. The summed E-state index contributed by atoms with van der Waals surface area (Å²) in [7, 11) is 0. The Bertz CT molecular complexity index is 443. The summed E-state index contributed by atoms with van der Waals surface area (Å²) in [5.74, 6) is 0.112. The van der Waals surface area contributed by atoms with E-state index >= 15 is 0 Å². The second kappa shape index (κ2) is 5.88. The first-order valence-electron chi connectivity index (χ1n) is 5.36. The lowest BCUT2D eigenvalue weighted by Gasteiger charge is -2.26. The summed E-state index contributed by atoms with van der Waals surface area (Å²) in [6.07, 6.45) is 0. The molecule has 18 heavy (non-hydrogen) atoms. The van der Waals surface area contributed by atoms with Crippen LogP contribution in [0.15, 0.2) is 16.6 Å². The highest BCUT2D eigenvalue weighted by Crippen LogP contribution is 2.24. The van der Waals surface area contributed by atoms with Crippen LogP contribution >= 0.6 is 27.7 Å². The third-order valence-electron chi connectivity index (χ3n) is 2.54. The van der Waals surface area contributed by atoms with Crippen molar-refractivity contribution in [3.8, 4) is 0 Å². The smallest absolute Gasteiger partial charge is 0.322 e. The minimum absolute atomic E-state index is 0.296. The first kappa shape index (κ1) is 13.6. The van der Waals surface area contributed by atoms with Gasteiger partial charge in [-0.05, 0) is 12.1 Å². The number of rotatable bonds is 1. The van der Waals surface area contributed by atoms with Crippen molar-refractivity contribution >= 4 is 39.4 Å². The molecule has 7 heteroatoms. The maximum atomic E-state index is 13.5. The third kappa shape index (κ3) is 3.14. The molecule has 1 aromatic rings. The standard InChI is InChI=1S/C11H11BrF2N2OS/c12-7-5-8(13)10(9(14)6-7)15-11(17)16-1-3-18-4-2-16/h5-6H,1-4H2,(H,15,17). The van der Waals surface area contributed by atoms with E-state index in [9.17, 15) is 13.6 Å². The number of halogens is 3. The van der Waals surface area contributed by atoms with Crippen LogP contribution in [0.1, 0.15) is 0 Å². The number of carbonyl (C=O) groups excluding carboxylic acids is 1. The Labute approximate surface area is 116 Å². The van der Waals surface area contributed by atoms with E-state index < -0.39 is 23.4 Å². The van der Waals surface area contributed by atoms with Crippen LogP contribution < -0.4 is 5.32 Å². The summed E-state index contributed by atoms with van der Waals surface area (Å²) in [4.78, 5) is 13.4. The summed E-state index contributed by atoms with van der Waals surface area (Å²) in [6, 6.07) is 1.77. The Morgan fingerprint density at radius 2 is 1.83 bits per heavy atom. The predicted octanol–water partition coefficient (Wildman–Crippen LogP) is 3.31. The summed E-state index contributed by atoms with van der Waals surface area (Å²) < 4.78 is 27.4. The van der Waals surface area contributed by atoms with Crippen molar-refractivity contribution < 1.29 is 13.6 Å². The van der Waals surface area contributed by atoms with Crippen LogP contribution in [-0.2, 0) is 0 Å². The van der Waals surface area contributed by atoms with E-state index in [1.807, 2.05) is 0 Å². The second-order valence-corrected chi connectivity index (χ2v) is 5.91. The lowest BCUT2D eigenvalue weighted by Crippen LogP contribution is -2.41. The maximum Gasteiger partial charge on any atom is 0.322 e. The highest BCUT2D eigenvalue weighted by atomic mass is 79.9. The summed E-state index contributed by atoms with van der Waals surface area (Å²) >= 11 is 4.74. The lowest BCUT2D eigenvalue weighted by atomic mass is 10.3. The SMILES string of the molecule is O=C(Nc1c(F)cc(Br)cc1F)N1CCSCC1. The van der Waals surface area contributed by atoms with Crippen LogP contribution in [0, 0.1) is 11.6 Å². The zero-order chi connectivity index (χ0) is 13.1. The summed E-state index contributed by atoms with van der Waals surface area (Å²) in [5, 5.41) is 2.28. The molecule has 0 unspecified atom stereocenters. The van der Waals surface area contributed by atoms with Gasteiger partial charge in [0.25, 0.3) is 0 Å². The van der Waals surface area contributed by atoms with Crippen LogP contribution in [0.5, 0.6) is 0 Å². The van der Waals surface area contributed by atoms with Crippen LogP contribution in [-0.4, -0.2) is 35.5 Å². The van der Waals surface area contributed by atoms with Crippen LogP contribution in [0.2, 0.25) is 0 Å². The van der Waals surface area contributed by atoms with Crippen molar-refractivity contribution in [3.05, 3.63) is 28.2 Å². The highest BCUT2D eigenvalue weighted by Gasteiger charge is 2.20. The molecule has 1 saturated heterocycles. The normalized spacial score (nSPS) is 15.6. The highest BCUT2D eigenvalue weighted by molar-refractivity contribution is 9.10. The van der Waals surface area contributed by atoms with Gasteiger partial charge >= 0.3 is 6.03 Å². The van der Waals surface area contributed by atoms with Crippen molar-refractivity contribution in [1.29, 1.82) is 0 Å². The molecule has 0 spiro atoms. The molecule has 1 aliphatic heterocycles. The predicted molar refractivity (Wildman–Crippen MR) is 72.0 cm³/mol. The fourth-order valence-corrected chi connectivity index (χ4v) is 2.92. The van der Waals surface area contributed by atoms with Crippen molar-refractivity contribution in [3.63, 3.8) is 0 Å². The molecule has 0 radical (unpaired) electrons. The summed E-state index contributed by atoms with van der Waals surface area (Å²) in [6.45, 7) is 1.19. The van der Waals surface area contributed by atoms with Gasteiger partial charge in [-0.2, -0.15) is 11.8 Å². The average molecular weight is 337 g/mol. The Kier molecular flexibility index (Phi) is 4.45. The Hall–Kier alpha value is -0.820.